The van der Waals surface area contributed by atoms with E-state index < -0.39 is 23.9 Å². The number of para-hydroxylation sites is 2. The van der Waals surface area contributed by atoms with E-state index in [-0.39, 0.29) is 24.0 Å². The van der Waals surface area contributed by atoms with Gasteiger partial charge in [-0.2, -0.15) is 0 Å². The molecular weight excluding hydrogens is 472 g/mol. The van der Waals surface area contributed by atoms with Crippen LogP contribution in [0.4, 0.5) is 0 Å². The smallest absolute Gasteiger partial charge is 0.335 e. The molecule has 6 N–H and O–H groups in total. The van der Waals surface area contributed by atoms with Gasteiger partial charge < -0.3 is 30.6 Å². The van der Waals surface area contributed by atoms with E-state index in [4.69, 9.17) is 30.6 Å². The molecule has 0 spiro atoms. The zero-order chi connectivity index (χ0) is 27.3. The first-order valence-electron chi connectivity index (χ1n) is 10.5. The molecule has 0 amide bonds. The fourth-order valence-electron chi connectivity index (χ4n) is 2.16. The predicted octanol–water partition coefficient (Wildman–Crippen LogP) is 4.58. The van der Waals surface area contributed by atoms with E-state index >= 15 is 0 Å². The lowest BCUT2D eigenvalue weighted by Gasteiger charge is -1.94. The number of unbranched alkanes of at least 4 members (excludes halogenated alkanes) is 1. The van der Waals surface area contributed by atoms with Gasteiger partial charge in [-0.15, -0.1) is 0 Å². The highest BCUT2D eigenvalue weighted by atomic mass is 16.4. The van der Waals surface area contributed by atoms with E-state index in [1.54, 1.807) is 48.5 Å². The van der Waals surface area contributed by atoms with E-state index in [2.05, 4.69) is 0 Å². The Kier molecular flexibility index (Phi) is 16.0. The summed E-state index contributed by atoms with van der Waals surface area (Å²) in [5.74, 6) is -3.22. The number of aliphatic carboxylic acids is 2. The second-order valence-corrected chi connectivity index (χ2v) is 6.85. The molecule has 0 aliphatic carbocycles. The minimum Gasteiger partial charge on any atom is -0.508 e. The van der Waals surface area contributed by atoms with E-state index in [0.29, 0.717) is 24.3 Å². The van der Waals surface area contributed by atoms with Crippen LogP contribution in [-0.2, 0) is 9.59 Å². The molecule has 0 heterocycles. The Balaban J connectivity index is 0.000000465. The molecule has 0 radical (unpaired) electrons. The maximum absolute atomic E-state index is 10.3. The van der Waals surface area contributed by atoms with Crippen molar-refractivity contribution in [2.75, 3.05) is 0 Å². The van der Waals surface area contributed by atoms with Crippen LogP contribution in [0.2, 0.25) is 0 Å². The summed E-state index contributed by atoms with van der Waals surface area (Å²) in [6.07, 6.45) is 1.02. The summed E-state index contributed by atoms with van der Waals surface area (Å²) < 4.78 is 0. The third-order valence-electron chi connectivity index (χ3n) is 3.92. The molecule has 3 aromatic carbocycles. The average molecular weight is 501 g/mol. The SMILES string of the molecule is O=C(O)CCCCC(=O)O.O=C(O)c1ccc(C(=O)O)cc1.Oc1ccccc1.Oc1ccccc1. The van der Waals surface area contributed by atoms with Crippen molar-refractivity contribution in [3.8, 4) is 11.5 Å². The lowest BCUT2D eigenvalue weighted by atomic mass is 10.1. The number of carboxylic acids is 4. The number of aromatic hydroxyl groups is 2. The van der Waals surface area contributed by atoms with Crippen molar-refractivity contribution in [1.82, 2.24) is 0 Å². The highest BCUT2D eigenvalue weighted by Gasteiger charge is 2.04. The molecule has 0 unspecified atom stereocenters. The largest absolute Gasteiger partial charge is 0.508 e. The Morgan fingerprint density at radius 3 is 0.917 bits per heavy atom. The molecule has 10 heteroatoms. The van der Waals surface area contributed by atoms with Crippen molar-refractivity contribution >= 4 is 23.9 Å². The van der Waals surface area contributed by atoms with Gasteiger partial charge in [0.25, 0.3) is 0 Å². The molecule has 3 rings (SSSR count). The molecule has 10 nitrogen and oxygen atoms in total. The van der Waals surface area contributed by atoms with Gasteiger partial charge in [0.2, 0.25) is 0 Å². The van der Waals surface area contributed by atoms with Crippen LogP contribution < -0.4 is 0 Å². The Morgan fingerprint density at radius 2 is 0.750 bits per heavy atom. The van der Waals surface area contributed by atoms with Crippen LogP contribution in [0.3, 0.4) is 0 Å². The number of carbonyl (C=O) groups is 4. The Hall–Kier alpha value is -4.86. The van der Waals surface area contributed by atoms with Gasteiger partial charge in [-0.05, 0) is 61.4 Å². The predicted molar refractivity (Wildman–Crippen MR) is 130 cm³/mol. The summed E-state index contributed by atoms with van der Waals surface area (Å²) >= 11 is 0. The number of phenolic OH excluding ortho intramolecular Hbond substituents is 2. The molecule has 0 fully saturated rings. The van der Waals surface area contributed by atoms with Gasteiger partial charge in [-0.1, -0.05) is 36.4 Å². The molecule has 3 aromatic rings. The molecule has 0 atom stereocenters. The third kappa shape index (κ3) is 17.7. The van der Waals surface area contributed by atoms with Crippen LogP contribution in [0.25, 0.3) is 0 Å². The molecule has 192 valence electrons. The van der Waals surface area contributed by atoms with Gasteiger partial charge in [0.15, 0.2) is 0 Å². The van der Waals surface area contributed by atoms with Crippen molar-refractivity contribution in [3.05, 3.63) is 96.1 Å². The number of hydrogen-bond donors (Lipinski definition) is 6. The van der Waals surface area contributed by atoms with E-state index in [9.17, 15) is 19.2 Å². The second kappa shape index (κ2) is 18.6. The van der Waals surface area contributed by atoms with Crippen molar-refractivity contribution in [2.45, 2.75) is 25.7 Å². The normalized spacial score (nSPS) is 9.00. The molecule has 0 saturated carbocycles. The van der Waals surface area contributed by atoms with Crippen LogP contribution in [0.5, 0.6) is 11.5 Å². The molecule has 36 heavy (non-hydrogen) atoms. The number of rotatable bonds is 7. The van der Waals surface area contributed by atoms with Gasteiger partial charge in [0, 0.05) is 12.8 Å². The summed E-state index contributed by atoms with van der Waals surface area (Å²) in [5.41, 5.74) is 0.167. The van der Waals surface area contributed by atoms with Gasteiger partial charge in [0.1, 0.15) is 11.5 Å². The third-order valence-corrected chi connectivity index (χ3v) is 3.92. The lowest BCUT2D eigenvalue weighted by Crippen LogP contribution is -1.99. The standard InChI is InChI=1S/C8H6O4.C6H10O4.2C6H6O/c9-7(10)5-1-2-6(4-3-5)8(11)12;7-5(8)3-1-2-4-6(9)10;2*7-6-4-2-1-3-5-6/h1-4H,(H,9,10)(H,11,12);1-4H2,(H,7,8)(H,9,10);2*1-5,7H. The number of aromatic carboxylic acids is 2. The maximum atomic E-state index is 10.3. The fourth-order valence-corrected chi connectivity index (χ4v) is 2.16. The first kappa shape index (κ1) is 31.1. The summed E-state index contributed by atoms with van der Waals surface area (Å²) in [6.45, 7) is 0. The van der Waals surface area contributed by atoms with Crippen LogP contribution >= 0.6 is 0 Å². The summed E-state index contributed by atoms with van der Waals surface area (Å²) in [5, 5.41) is 50.5. The molecule has 0 aliphatic rings. The first-order chi connectivity index (χ1) is 17.0. The van der Waals surface area contributed by atoms with E-state index in [0.717, 1.165) is 0 Å². The van der Waals surface area contributed by atoms with Gasteiger partial charge in [-0.25, -0.2) is 9.59 Å². The monoisotopic (exact) mass is 500 g/mol. The molecule has 0 aromatic heterocycles. The Morgan fingerprint density at radius 1 is 0.472 bits per heavy atom. The van der Waals surface area contributed by atoms with Crippen molar-refractivity contribution < 1.29 is 49.8 Å². The lowest BCUT2D eigenvalue weighted by molar-refractivity contribution is -0.139. The second-order valence-electron chi connectivity index (χ2n) is 6.85. The van der Waals surface area contributed by atoms with Crippen molar-refractivity contribution in [1.29, 1.82) is 0 Å². The van der Waals surface area contributed by atoms with E-state index in [1.165, 1.54) is 24.3 Å². The number of carboxylic acid groups (broad SMARTS) is 4. The first-order valence-corrected chi connectivity index (χ1v) is 10.5. The Bertz CT molecular complexity index is 963. The quantitative estimate of drug-likeness (QED) is 0.250. The molecular formula is C26H28O10. The fraction of sp³-hybridized carbons (Fsp3) is 0.154. The molecule has 0 saturated heterocycles. The van der Waals surface area contributed by atoms with Crippen LogP contribution in [0, 0.1) is 0 Å². The van der Waals surface area contributed by atoms with Gasteiger partial charge in [-0.3, -0.25) is 9.59 Å². The summed E-state index contributed by atoms with van der Waals surface area (Å²) in [6, 6.07) is 22.4. The highest BCUT2D eigenvalue weighted by molar-refractivity contribution is 5.91. The summed E-state index contributed by atoms with van der Waals surface area (Å²) in [7, 11) is 0. The van der Waals surface area contributed by atoms with Crippen molar-refractivity contribution in [3.63, 3.8) is 0 Å². The van der Waals surface area contributed by atoms with Crippen LogP contribution in [0.1, 0.15) is 46.4 Å². The van der Waals surface area contributed by atoms with Crippen LogP contribution in [-0.4, -0.2) is 54.5 Å². The summed E-state index contributed by atoms with van der Waals surface area (Å²) in [4.78, 5) is 40.5. The zero-order valence-corrected chi connectivity index (χ0v) is 19.2. The average Bonchev–Trinajstić information content (AvgIpc) is 2.84. The topological polar surface area (TPSA) is 190 Å². The minimum atomic E-state index is -1.06. The van der Waals surface area contributed by atoms with Gasteiger partial charge in [0.05, 0.1) is 11.1 Å². The maximum Gasteiger partial charge on any atom is 0.335 e. The number of hydrogen-bond acceptors (Lipinski definition) is 6. The zero-order valence-electron chi connectivity index (χ0n) is 19.2. The Labute approximate surface area is 207 Å². The molecule has 0 bridgehead atoms. The van der Waals surface area contributed by atoms with Crippen molar-refractivity contribution in [2.24, 2.45) is 0 Å². The van der Waals surface area contributed by atoms with Crippen LogP contribution in [0.15, 0.2) is 84.9 Å². The highest BCUT2D eigenvalue weighted by Crippen LogP contribution is 2.04. The van der Waals surface area contributed by atoms with E-state index in [1.807, 2.05) is 12.1 Å². The van der Waals surface area contributed by atoms with Gasteiger partial charge >= 0.3 is 23.9 Å². The minimum absolute atomic E-state index is 0.0628. The molecule has 0 aliphatic heterocycles. The number of benzene rings is 3. The number of phenols is 2.